The lowest BCUT2D eigenvalue weighted by Crippen LogP contribution is -2.31. The van der Waals surface area contributed by atoms with E-state index in [1.165, 1.54) is 51.4 Å². The zero-order chi connectivity index (χ0) is 38.8. The first-order chi connectivity index (χ1) is 26.5. The fourth-order valence-electron chi connectivity index (χ4n) is 6.25. The quantitative estimate of drug-likeness (QED) is 0.122. The van der Waals surface area contributed by atoms with Gasteiger partial charge in [0.25, 0.3) is 0 Å². The first-order valence-corrected chi connectivity index (χ1v) is 19.7. The normalized spacial score (nSPS) is 17.1. The Labute approximate surface area is 314 Å². The van der Waals surface area contributed by atoms with Gasteiger partial charge in [-0.25, -0.2) is 36.8 Å². The SMILES string of the molecule is CS(=O)CC(O)CNc1nonc1-c1noc(=O)n1[C@H]1Cc2ccc(F)cc21.CSCC(O)CNc1nonc1-c1noc(=O)n1[C@H]1Cc2ccc(F)cc21. The summed E-state index contributed by atoms with van der Waals surface area (Å²) in [5, 5.41) is 48.1. The van der Waals surface area contributed by atoms with Gasteiger partial charge in [-0.15, -0.1) is 0 Å². The van der Waals surface area contributed by atoms with Crippen molar-refractivity contribution in [2.24, 2.45) is 0 Å². The Balaban J connectivity index is 0.000000169. The number of fused-ring (bicyclic) bond motifs is 2. The first-order valence-electron chi connectivity index (χ1n) is 16.5. The van der Waals surface area contributed by atoms with Crippen molar-refractivity contribution in [1.82, 2.24) is 40.1 Å². The van der Waals surface area contributed by atoms with E-state index in [9.17, 15) is 32.8 Å². The highest BCUT2D eigenvalue weighted by molar-refractivity contribution is 7.98. The van der Waals surface area contributed by atoms with Crippen LogP contribution in [0.3, 0.4) is 0 Å². The van der Waals surface area contributed by atoms with E-state index in [1.807, 2.05) is 6.26 Å². The van der Waals surface area contributed by atoms with Crippen LogP contribution in [-0.4, -0.2) is 104 Å². The number of aliphatic hydroxyl groups is 2. The van der Waals surface area contributed by atoms with Crippen LogP contribution < -0.4 is 22.1 Å². The van der Waals surface area contributed by atoms with Crippen LogP contribution in [0.5, 0.6) is 0 Å². The van der Waals surface area contributed by atoms with Gasteiger partial charge >= 0.3 is 11.5 Å². The molecule has 0 amide bonds. The number of thioether (sulfide) groups is 1. The molecule has 0 saturated heterocycles. The summed E-state index contributed by atoms with van der Waals surface area (Å²) in [6, 6.07) is 8.02. The molecule has 4 N–H and O–H groups in total. The molecule has 0 saturated carbocycles. The number of nitrogens with one attached hydrogen (secondary N) is 2. The van der Waals surface area contributed by atoms with E-state index in [1.54, 1.807) is 12.1 Å². The number of halogens is 2. The molecule has 290 valence electrons. The van der Waals surface area contributed by atoms with Crippen molar-refractivity contribution in [2.45, 2.75) is 37.1 Å². The third-order valence-electron chi connectivity index (χ3n) is 8.85. The lowest BCUT2D eigenvalue weighted by molar-refractivity contribution is 0.211. The summed E-state index contributed by atoms with van der Waals surface area (Å²) in [6.07, 6.45) is 2.96. The molecule has 2 aliphatic carbocycles. The molecule has 0 aliphatic heterocycles. The summed E-state index contributed by atoms with van der Waals surface area (Å²) in [4.78, 5) is 24.5. The topological polar surface area (TPSA) is 255 Å². The summed E-state index contributed by atoms with van der Waals surface area (Å²) >= 11 is 1.51. The minimum Gasteiger partial charge on any atom is -0.390 e. The summed E-state index contributed by atoms with van der Waals surface area (Å²) < 4.78 is 60.0. The Morgan fingerprint density at radius 1 is 0.800 bits per heavy atom. The van der Waals surface area contributed by atoms with Crippen molar-refractivity contribution in [3.05, 3.63) is 91.4 Å². The van der Waals surface area contributed by atoms with Crippen molar-refractivity contribution < 1.29 is 41.5 Å². The molecular weight excluding hydrogens is 771 g/mol. The maximum atomic E-state index is 13.6. The first kappa shape index (κ1) is 37.8. The molecule has 4 heterocycles. The summed E-state index contributed by atoms with van der Waals surface area (Å²) in [7, 11) is -1.16. The molecular formula is C32H32F2N10O9S2. The molecule has 0 radical (unpaired) electrons. The predicted molar refractivity (Wildman–Crippen MR) is 191 cm³/mol. The number of hydrogen-bond acceptors (Lipinski definition) is 18. The van der Waals surface area contributed by atoms with Crippen LogP contribution in [0.25, 0.3) is 23.0 Å². The number of anilines is 2. The van der Waals surface area contributed by atoms with Crippen LogP contribution in [0.4, 0.5) is 20.4 Å². The molecule has 19 nitrogen and oxygen atoms in total. The highest BCUT2D eigenvalue weighted by atomic mass is 32.2. The Bertz CT molecular complexity index is 2440. The molecule has 3 unspecified atom stereocenters. The van der Waals surface area contributed by atoms with Crippen LogP contribution in [0.1, 0.15) is 34.3 Å². The molecule has 0 spiro atoms. The monoisotopic (exact) mass is 802 g/mol. The number of aliphatic hydroxyl groups excluding tert-OH is 2. The van der Waals surface area contributed by atoms with E-state index in [4.69, 9.17) is 18.3 Å². The van der Waals surface area contributed by atoms with Gasteiger partial charge in [-0.2, -0.15) is 11.8 Å². The van der Waals surface area contributed by atoms with Crippen molar-refractivity contribution in [3.63, 3.8) is 0 Å². The van der Waals surface area contributed by atoms with Gasteiger partial charge in [-0.1, -0.05) is 22.4 Å². The van der Waals surface area contributed by atoms with Gasteiger partial charge in [-0.3, -0.25) is 13.3 Å². The van der Waals surface area contributed by atoms with Crippen LogP contribution >= 0.6 is 11.8 Å². The van der Waals surface area contributed by atoms with Gasteiger partial charge in [0.1, 0.15) is 11.6 Å². The lowest BCUT2D eigenvalue weighted by Gasteiger charge is -2.30. The second-order valence-corrected chi connectivity index (χ2v) is 15.0. The molecule has 5 atom stereocenters. The van der Waals surface area contributed by atoms with Crippen molar-refractivity contribution in [2.75, 3.05) is 47.7 Å². The summed E-state index contributed by atoms with van der Waals surface area (Å²) in [5.74, 6) is -0.964. The second kappa shape index (κ2) is 16.1. The molecule has 8 rings (SSSR count). The lowest BCUT2D eigenvalue weighted by atomic mass is 9.83. The number of aromatic nitrogens is 8. The van der Waals surface area contributed by atoms with Gasteiger partial charge < -0.3 is 20.8 Å². The molecule has 2 aliphatic rings. The Morgan fingerprint density at radius 3 is 1.73 bits per heavy atom. The molecule has 23 heteroatoms. The molecule has 55 heavy (non-hydrogen) atoms. The van der Waals surface area contributed by atoms with Crippen LogP contribution in [0, 0.1) is 11.6 Å². The average molecular weight is 803 g/mol. The van der Waals surface area contributed by atoms with Crippen LogP contribution in [-0.2, 0) is 23.6 Å². The maximum Gasteiger partial charge on any atom is 0.442 e. The van der Waals surface area contributed by atoms with Crippen molar-refractivity contribution in [3.8, 4) is 23.0 Å². The summed E-state index contributed by atoms with van der Waals surface area (Å²) in [6.45, 7) is 0.266. The fourth-order valence-corrected chi connectivity index (χ4v) is 7.41. The van der Waals surface area contributed by atoms with Crippen molar-refractivity contribution >= 4 is 34.2 Å². The highest BCUT2D eigenvalue weighted by Crippen LogP contribution is 2.39. The van der Waals surface area contributed by atoms with E-state index < -0.39 is 52.4 Å². The number of hydrogen-bond donors (Lipinski definition) is 4. The van der Waals surface area contributed by atoms with Crippen LogP contribution in [0.15, 0.2) is 64.3 Å². The molecule has 0 bridgehead atoms. The van der Waals surface area contributed by atoms with E-state index in [0.29, 0.717) is 29.7 Å². The molecule has 2 aromatic carbocycles. The number of rotatable bonds is 14. The Hall–Kier alpha value is -5.52. The van der Waals surface area contributed by atoms with Gasteiger partial charge in [0, 0.05) is 35.9 Å². The average Bonchev–Trinajstić information content (AvgIpc) is 3.94. The molecule has 6 aromatic rings. The van der Waals surface area contributed by atoms with Gasteiger partial charge in [0.05, 0.1) is 30.0 Å². The van der Waals surface area contributed by atoms with E-state index in [0.717, 1.165) is 11.1 Å². The standard InChI is InChI=1S/C16H16FN5O5S.C16H16FN5O4S/c1-28(25)7-10(23)6-18-14-13(19-27-20-14)15-21-26-16(24)22(15)12-4-8-2-3-9(17)5-11(8)12;1-27-7-10(23)6-18-14-13(19-26-20-14)15-21-25-16(24)22(15)12-4-8-2-3-9(17)5-11(8)12/h2-3,5,10,12,23H,4,6-7H2,1H3,(H,18,20);2-3,5,10,12,23H,4,6-7H2,1H3,(H,18,20)/t10?,12-,28?;10?,12-/m00/s1. The second-order valence-electron chi connectivity index (χ2n) is 12.6. The molecule has 0 fully saturated rings. The zero-order valence-electron chi connectivity index (χ0n) is 28.9. The van der Waals surface area contributed by atoms with E-state index >= 15 is 0 Å². The number of nitrogens with zero attached hydrogens (tertiary/aromatic N) is 8. The smallest absolute Gasteiger partial charge is 0.390 e. The Morgan fingerprint density at radius 2 is 1.27 bits per heavy atom. The van der Waals surface area contributed by atoms with E-state index in [-0.39, 0.29) is 59.3 Å². The number of benzene rings is 2. The van der Waals surface area contributed by atoms with Gasteiger partial charge in [-0.05, 0) is 86.2 Å². The third kappa shape index (κ3) is 7.85. The predicted octanol–water partition coefficient (Wildman–Crippen LogP) is 1.63. The third-order valence-corrected chi connectivity index (χ3v) is 10.4. The maximum absolute atomic E-state index is 13.6. The fraction of sp³-hybridized carbons (Fsp3) is 0.375. The summed E-state index contributed by atoms with van der Waals surface area (Å²) in [5.41, 5.74) is 3.54. The minimum absolute atomic E-state index is 0.0420. The van der Waals surface area contributed by atoms with E-state index in [2.05, 4.69) is 41.6 Å². The highest BCUT2D eigenvalue weighted by Gasteiger charge is 2.36. The van der Waals surface area contributed by atoms with Gasteiger partial charge in [0.15, 0.2) is 11.4 Å². The Kier molecular flexibility index (Phi) is 11.0. The molecule has 4 aromatic heterocycles. The van der Waals surface area contributed by atoms with Crippen molar-refractivity contribution in [1.29, 1.82) is 0 Å². The van der Waals surface area contributed by atoms with Gasteiger partial charge in [0.2, 0.25) is 23.3 Å². The largest absolute Gasteiger partial charge is 0.442 e. The van der Waals surface area contributed by atoms with Crippen LogP contribution in [0.2, 0.25) is 0 Å². The minimum atomic E-state index is -1.16. The zero-order valence-corrected chi connectivity index (χ0v) is 30.6.